The number of aromatic nitrogens is 2. The van der Waals surface area contributed by atoms with Gasteiger partial charge < -0.3 is 15.4 Å². The number of nitrogens with one attached hydrogen (secondary N) is 2. The third kappa shape index (κ3) is 4.79. The van der Waals surface area contributed by atoms with E-state index in [1.165, 1.54) is 23.9 Å². The fourth-order valence-electron chi connectivity index (χ4n) is 3.47. The van der Waals surface area contributed by atoms with Crippen molar-refractivity contribution in [2.75, 3.05) is 5.32 Å². The number of carboxylic acids is 1. The van der Waals surface area contributed by atoms with Crippen LogP contribution >= 0.6 is 34.7 Å². The summed E-state index contributed by atoms with van der Waals surface area (Å²) in [5.74, 6) is -0.822. The number of imidazole rings is 1. The highest BCUT2D eigenvalue weighted by atomic mass is 35.5. The minimum absolute atomic E-state index is 0.0581. The van der Waals surface area contributed by atoms with Crippen molar-refractivity contribution < 1.29 is 14.3 Å². The van der Waals surface area contributed by atoms with Gasteiger partial charge in [-0.2, -0.15) is 0 Å². The van der Waals surface area contributed by atoms with Crippen molar-refractivity contribution in [3.8, 4) is 10.4 Å². The number of nitrogens with zero attached hydrogens (tertiary/aromatic N) is 1. The van der Waals surface area contributed by atoms with Crippen molar-refractivity contribution in [2.45, 2.75) is 10.9 Å². The Kier molecular flexibility index (Phi) is 6.28. The number of anilines is 2. The number of carbonyl (C=O) groups is 1. The summed E-state index contributed by atoms with van der Waals surface area (Å²) in [6.45, 7) is 0. The third-order valence-electron chi connectivity index (χ3n) is 5.17. The molecular weight excluding hydrogens is 493 g/mol. The highest BCUT2D eigenvalue weighted by molar-refractivity contribution is 7.98. The van der Waals surface area contributed by atoms with Gasteiger partial charge in [0.15, 0.2) is 5.16 Å². The van der Waals surface area contributed by atoms with E-state index in [1.54, 1.807) is 17.4 Å². The molecule has 2 heterocycles. The van der Waals surface area contributed by atoms with Crippen LogP contribution in [-0.4, -0.2) is 21.0 Å². The number of benzene rings is 3. The van der Waals surface area contributed by atoms with Gasteiger partial charge in [0, 0.05) is 22.4 Å². The van der Waals surface area contributed by atoms with E-state index in [9.17, 15) is 14.3 Å². The Morgan fingerprint density at radius 2 is 1.97 bits per heavy atom. The van der Waals surface area contributed by atoms with E-state index in [2.05, 4.69) is 15.3 Å². The van der Waals surface area contributed by atoms with E-state index in [0.717, 1.165) is 21.7 Å². The van der Waals surface area contributed by atoms with Gasteiger partial charge in [0.2, 0.25) is 0 Å². The van der Waals surface area contributed by atoms with E-state index >= 15 is 0 Å². The van der Waals surface area contributed by atoms with Crippen molar-refractivity contribution in [3.63, 3.8) is 0 Å². The van der Waals surface area contributed by atoms with E-state index in [-0.39, 0.29) is 10.6 Å². The summed E-state index contributed by atoms with van der Waals surface area (Å²) in [7, 11) is 0. The smallest absolute Gasteiger partial charge is 0.337 e. The van der Waals surface area contributed by atoms with Crippen LogP contribution < -0.4 is 5.32 Å². The lowest BCUT2D eigenvalue weighted by molar-refractivity contribution is 0.0698. The van der Waals surface area contributed by atoms with Crippen molar-refractivity contribution in [1.82, 2.24) is 9.97 Å². The van der Waals surface area contributed by atoms with E-state index in [1.807, 2.05) is 53.9 Å². The molecule has 0 aliphatic carbocycles. The Bertz CT molecular complexity index is 1450. The summed E-state index contributed by atoms with van der Waals surface area (Å²) < 4.78 is 13.6. The average molecular weight is 510 g/mol. The van der Waals surface area contributed by atoms with Crippen molar-refractivity contribution in [3.05, 3.63) is 94.1 Å². The standard InChI is InChI=1S/C25H17ClFN3O2S2/c26-18-11-21-22(12-19(18)27)30-25(29-21)34-13-14-3-6-16(7-4-14)28-20-10-15(23-2-1-9-33-23)5-8-17(20)24(31)32/h1-12,28H,13H2,(H,29,30)(H,31,32). The van der Waals surface area contributed by atoms with Crippen LogP contribution in [0.2, 0.25) is 5.02 Å². The maximum Gasteiger partial charge on any atom is 0.337 e. The molecule has 0 atom stereocenters. The van der Waals surface area contributed by atoms with Crippen molar-refractivity contribution in [2.24, 2.45) is 0 Å². The van der Waals surface area contributed by atoms with Gasteiger partial charge >= 0.3 is 5.97 Å². The summed E-state index contributed by atoms with van der Waals surface area (Å²) in [4.78, 5) is 20.3. The van der Waals surface area contributed by atoms with Crippen molar-refractivity contribution >= 4 is 63.1 Å². The Hall–Kier alpha value is -3.33. The predicted octanol–water partition coefficient (Wildman–Crippen LogP) is 7.82. The molecule has 170 valence electrons. The molecule has 0 saturated carbocycles. The number of fused-ring (bicyclic) bond motifs is 1. The highest BCUT2D eigenvalue weighted by Gasteiger charge is 2.13. The van der Waals surface area contributed by atoms with E-state index in [0.29, 0.717) is 27.6 Å². The number of aromatic amines is 1. The van der Waals surface area contributed by atoms with Gasteiger partial charge in [-0.15, -0.1) is 11.3 Å². The molecule has 0 spiro atoms. The maximum atomic E-state index is 13.6. The zero-order chi connectivity index (χ0) is 23.7. The minimum Gasteiger partial charge on any atom is -0.478 e. The van der Waals surface area contributed by atoms with Crippen LogP contribution in [0.25, 0.3) is 21.5 Å². The second kappa shape index (κ2) is 9.50. The van der Waals surface area contributed by atoms with Crippen molar-refractivity contribution in [1.29, 1.82) is 0 Å². The van der Waals surface area contributed by atoms with Crippen LogP contribution in [0, 0.1) is 5.82 Å². The lowest BCUT2D eigenvalue weighted by Crippen LogP contribution is -2.03. The largest absolute Gasteiger partial charge is 0.478 e. The summed E-state index contributed by atoms with van der Waals surface area (Å²) in [5, 5.41) is 15.6. The Morgan fingerprint density at radius 1 is 1.15 bits per heavy atom. The molecular formula is C25H17ClFN3O2S2. The Morgan fingerprint density at radius 3 is 2.71 bits per heavy atom. The number of H-pyrrole nitrogens is 1. The monoisotopic (exact) mass is 509 g/mol. The normalized spacial score (nSPS) is 11.1. The number of rotatable bonds is 7. The first-order valence-corrected chi connectivity index (χ1v) is 12.5. The fraction of sp³-hybridized carbons (Fsp3) is 0.0400. The first-order valence-electron chi connectivity index (χ1n) is 10.2. The maximum absolute atomic E-state index is 13.6. The minimum atomic E-state index is -0.986. The SMILES string of the molecule is O=C(O)c1ccc(-c2cccs2)cc1Nc1ccc(CSc2nc3cc(F)c(Cl)cc3[nH]2)cc1. The molecule has 0 bridgehead atoms. The molecule has 0 aliphatic rings. The molecule has 5 aromatic rings. The third-order valence-corrected chi connectivity index (χ3v) is 7.32. The number of halogens is 2. The average Bonchev–Trinajstić information content (AvgIpc) is 3.49. The van der Waals surface area contributed by atoms with Gasteiger partial charge in [0.25, 0.3) is 0 Å². The van der Waals surface area contributed by atoms with Crippen LogP contribution in [-0.2, 0) is 5.75 Å². The fourth-order valence-corrected chi connectivity index (χ4v) is 5.20. The second-order valence-corrected chi connectivity index (χ2v) is 9.80. The zero-order valence-corrected chi connectivity index (χ0v) is 19.9. The molecule has 34 heavy (non-hydrogen) atoms. The summed E-state index contributed by atoms with van der Waals surface area (Å²) in [6, 6.07) is 19.9. The molecule has 0 fully saturated rings. The van der Waals surface area contributed by atoms with E-state index in [4.69, 9.17) is 11.6 Å². The molecule has 0 radical (unpaired) electrons. The lowest BCUT2D eigenvalue weighted by Gasteiger charge is -2.12. The molecule has 3 N–H and O–H groups in total. The molecule has 9 heteroatoms. The lowest BCUT2D eigenvalue weighted by atomic mass is 10.1. The van der Waals surface area contributed by atoms with Crippen LogP contribution in [0.4, 0.5) is 15.8 Å². The Balaban J connectivity index is 1.30. The molecule has 2 aromatic heterocycles. The summed E-state index contributed by atoms with van der Waals surface area (Å²) in [6.07, 6.45) is 0. The van der Waals surface area contributed by atoms with Gasteiger partial charge in [-0.1, -0.05) is 47.6 Å². The number of carboxylic acid groups (broad SMARTS) is 1. The molecule has 5 rings (SSSR count). The summed E-state index contributed by atoms with van der Waals surface area (Å²) >= 11 is 8.94. The first kappa shape index (κ1) is 22.5. The van der Waals surface area contributed by atoms with Gasteiger partial charge in [0.1, 0.15) is 5.82 Å². The molecule has 5 nitrogen and oxygen atoms in total. The quantitative estimate of drug-likeness (QED) is 0.195. The molecule has 0 saturated heterocycles. The molecule has 0 unspecified atom stereocenters. The highest BCUT2D eigenvalue weighted by Crippen LogP contribution is 2.31. The zero-order valence-electron chi connectivity index (χ0n) is 17.5. The number of thiophene rings is 1. The Labute approximate surface area is 207 Å². The van der Waals surface area contributed by atoms with Crippen LogP contribution in [0.3, 0.4) is 0 Å². The van der Waals surface area contributed by atoms with Gasteiger partial charge in [-0.25, -0.2) is 14.2 Å². The molecule has 0 aliphatic heterocycles. The number of aromatic carboxylic acids is 1. The van der Waals surface area contributed by atoms with Crippen LogP contribution in [0.1, 0.15) is 15.9 Å². The molecule has 0 amide bonds. The van der Waals surface area contributed by atoms with Crippen LogP contribution in [0.5, 0.6) is 0 Å². The van der Waals surface area contributed by atoms with Gasteiger partial charge in [-0.3, -0.25) is 0 Å². The van der Waals surface area contributed by atoms with Gasteiger partial charge in [-0.05, 0) is 52.9 Å². The first-order chi connectivity index (χ1) is 16.5. The second-order valence-electron chi connectivity index (χ2n) is 7.48. The predicted molar refractivity (Wildman–Crippen MR) is 137 cm³/mol. The van der Waals surface area contributed by atoms with E-state index < -0.39 is 11.8 Å². The summed E-state index contributed by atoms with van der Waals surface area (Å²) in [5.41, 5.74) is 4.77. The van der Waals surface area contributed by atoms with Crippen LogP contribution in [0.15, 0.2) is 77.3 Å². The van der Waals surface area contributed by atoms with Gasteiger partial charge in [0.05, 0.1) is 27.3 Å². The number of hydrogen-bond acceptors (Lipinski definition) is 5. The number of thioether (sulfide) groups is 1. The molecule has 3 aromatic carbocycles. The number of hydrogen-bond donors (Lipinski definition) is 3. The topological polar surface area (TPSA) is 78.0 Å².